The molecule has 1 fully saturated rings. The summed E-state index contributed by atoms with van der Waals surface area (Å²) in [4.78, 5) is 42.6. The SMILES string of the molecule is O=C1NCc2c1c1c3ccccc3n3c1c1c2c2ccccc2n1CC(COC(=O)N1CCN(C(=O)OCc2ccccc2)CC1)C3. The van der Waals surface area contributed by atoms with Gasteiger partial charge in [0.1, 0.15) is 6.61 Å². The van der Waals surface area contributed by atoms with Gasteiger partial charge in [-0.05, 0) is 23.3 Å². The molecule has 1 atom stereocenters. The zero-order valence-electron chi connectivity index (χ0n) is 25.8. The number of aromatic nitrogens is 2. The Morgan fingerprint density at radius 2 is 1.26 bits per heavy atom. The van der Waals surface area contributed by atoms with E-state index >= 15 is 0 Å². The summed E-state index contributed by atoms with van der Waals surface area (Å²) in [5, 5.41) is 7.42. The highest BCUT2D eigenvalue weighted by Crippen LogP contribution is 2.46. The molecule has 6 aromatic rings. The first-order chi connectivity index (χ1) is 23.1. The van der Waals surface area contributed by atoms with Crippen molar-refractivity contribution < 1.29 is 23.9 Å². The number of piperazine rings is 1. The van der Waals surface area contributed by atoms with E-state index in [1.165, 1.54) is 0 Å². The van der Waals surface area contributed by atoms with Gasteiger partial charge in [-0.3, -0.25) is 4.79 Å². The molecule has 3 aliphatic rings. The smallest absolute Gasteiger partial charge is 0.410 e. The Morgan fingerprint density at radius 1 is 0.702 bits per heavy atom. The molecule has 1 N–H and O–H groups in total. The standard InChI is InChI=1S/C37H33N5O5/c43-35-32-27(18-38-35)30-25-10-4-6-12-28(25)41-19-24(20-42-29-13-7-5-11-26(29)31(32)34(42)33(30)41)22-47-37(45)40-16-14-39(15-17-40)36(44)46-21-23-8-2-1-3-9-23/h1-13,24H,14-22H2,(H,38,43). The number of carbonyl (C=O) groups is 3. The van der Waals surface area contributed by atoms with Gasteiger partial charge in [-0.25, -0.2) is 9.59 Å². The van der Waals surface area contributed by atoms with Crippen LogP contribution in [-0.2, 0) is 35.7 Å². The maximum atomic E-state index is 13.3. The minimum atomic E-state index is -0.376. The first-order valence-corrected chi connectivity index (χ1v) is 16.2. The van der Waals surface area contributed by atoms with Crippen LogP contribution in [0, 0.1) is 5.92 Å². The average Bonchev–Trinajstić information content (AvgIpc) is 3.72. The number of hydrogen-bond donors (Lipinski definition) is 1. The maximum Gasteiger partial charge on any atom is 0.410 e. The fourth-order valence-corrected chi connectivity index (χ4v) is 7.84. The summed E-state index contributed by atoms with van der Waals surface area (Å²) < 4.78 is 16.2. The van der Waals surface area contributed by atoms with Crippen LogP contribution in [0.4, 0.5) is 9.59 Å². The van der Waals surface area contributed by atoms with Crippen LogP contribution < -0.4 is 5.32 Å². The Labute approximate surface area is 270 Å². The molecule has 0 spiro atoms. The van der Waals surface area contributed by atoms with Gasteiger partial charge in [0, 0.05) is 84.3 Å². The summed E-state index contributed by atoms with van der Waals surface area (Å²) in [6.45, 7) is 3.83. The van der Waals surface area contributed by atoms with Gasteiger partial charge in [0.15, 0.2) is 0 Å². The van der Waals surface area contributed by atoms with Crippen LogP contribution in [-0.4, -0.2) is 69.8 Å². The van der Waals surface area contributed by atoms with Gasteiger partial charge in [0.05, 0.1) is 23.2 Å². The second-order valence-corrected chi connectivity index (χ2v) is 12.7. The fourth-order valence-electron chi connectivity index (χ4n) is 7.84. The molecule has 10 nitrogen and oxygen atoms in total. The van der Waals surface area contributed by atoms with Crippen LogP contribution in [0.3, 0.4) is 0 Å². The Balaban J connectivity index is 0.978. The zero-order chi connectivity index (χ0) is 31.6. The maximum absolute atomic E-state index is 13.3. The Bertz CT molecular complexity index is 2250. The van der Waals surface area contributed by atoms with Crippen molar-refractivity contribution in [2.24, 2.45) is 5.92 Å². The number of nitrogens with one attached hydrogen (secondary N) is 1. The van der Waals surface area contributed by atoms with Gasteiger partial charge in [0.2, 0.25) is 0 Å². The number of amides is 3. The van der Waals surface area contributed by atoms with Crippen molar-refractivity contribution in [1.29, 1.82) is 0 Å². The first kappa shape index (κ1) is 27.8. The minimum Gasteiger partial charge on any atom is -0.449 e. The third-order valence-corrected chi connectivity index (χ3v) is 10.00. The lowest BCUT2D eigenvalue weighted by Crippen LogP contribution is -2.51. The van der Waals surface area contributed by atoms with Crippen molar-refractivity contribution in [1.82, 2.24) is 24.3 Å². The van der Waals surface area contributed by atoms with Crippen LogP contribution in [0.1, 0.15) is 21.5 Å². The van der Waals surface area contributed by atoms with E-state index in [1.807, 2.05) is 42.5 Å². The van der Waals surface area contributed by atoms with Gasteiger partial charge in [-0.15, -0.1) is 0 Å². The van der Waals surface area contributed by atoms with Crippen molar-refractivity contribution in [3.8, 4) is 0 Å². The minimum absolute atomic E-state index is 0.0118. The third-order valence-electron chi connectivity index (χ3n) is 10.00. The van der Waals surface area contributed by atoms with Gasteiger partial charge in [-0.1, -0.05) is 66.7 Å². The van der Waals surface area contributed by atoms with E-state index in [1.54, 1.807) is 9.80 Å². The van der Waals surface area contributed by atoms with Crippen LogP contribution in [0.15, 0.2) is 78.9 Å². The largest absolute Gasteiger partial charge is 0.449 e. The first-order valence-electron chi connectivity index (χ1n) is 16.2. The Kier molecular flexibility index (Phi) is 6.38. The lowest BCUT2D eigenvalue weighted by molar-refractivity contribution is 0.0507. The van der Waals surface area contributed by atoms with Crippen molar-refractivity contribution in [2.75, 3.05) is 32.8 Å². The van der Waals surface area contributed by atoms with Crippen LogP contribution in [0.2, 0.25) is 0 Å². The molecular formula is C37H33N5O5. The Morgan fingerprint density at radius 3 is 1.91 bits per heavy atom. The summed E-state index contributed by atoms with van der Waals surface area (Å²) in [5.74, 6) is -0.0387. The molecule has 3 amide bonds. The van der Waals surface area contributed by atoms with Gasteiger partial charge in [-0.2, -0.15) is 0 Å². The third kappa shape index (κ3) is 4.35. The number of rotatable bonds is 4. The topological polar surface area (TPSA) is 98.0 Å². The monoisotopic (exact) mass is 627 g/mol. The molecule has 1 unspecified atom stereocenters. The van der Waals surface area contributed by atoms with Gasteiger partial charge >= 0.3 is 12.2 Å². The summed E-state index contributed by atoms with van der Waals surface area (Å²) in [7, 11) is 0. The molecule has 3 aliphatic heterocycles. The predicted octanol–water partition coefficient (Wildman–Crippen LogP) is 5.87. The number of benzene rings is 4. The molecule has 0 radical (unpaired) electrons. The van der Waals surface area contributed by atoms with Crippen molar-refractivity contribution in [3.05, 3.63) is 95.6 Å². The van der Waals surface area contributed by atoms with E-state index in [2.05, 4.69) is 50.8 Å². The highest BCUT2D eigenvalue weighted by atomic mass is 16.6. The molecular weight excluding hydrogens is 594 g/mol. The van der Waals surface area contributed by atoms with Crippen LogP contribution in [0.5, 0.6) is 0 Å². The molecule has 10 heteroatoms. The number of carbonyl (C=O) groups excluding carboxylic acids is 3. The zero-order valence-corrected chi connectivity index (χ0v) is 25.8. The van der Waals surface area contributed by atoms with Crippen LogP contribution in [0.25, 0.3) is 43.6 Å². The molecule has 0 aliphatic carbocycles. The number of hydrogen-bond acceptors (Lipinski definition) is 5. The number of fused-ring (bicyclic) bond motifs is 9. The quantitative estimate of drug-likeness (QED) is 0.264. The summed E-state index contributed by atoms with van der Waals surface area (Å²) in [5.41, 5.74) is 7.15. The lowest BCUT2D eigenvalue weighted by atomic mass is 9.97. The molecule has 236 valence electrons. The highest BCUT2D eigenvalue weighted by molar-refractivity contribution is 6.30. The average molecular weight is 628 g/mol. The number of para-hydroxylation sites is 2. The van der Waals surface area contributed by atoms with E-state index in [0.29, 0.717) is 45.8 Å². The Hall–Kier alpha value is -5.51. The lowest BCUT2D eigenvalue weighted by Gasteiger charge is -2.33. The normalized spacial score (nSPS) is 17.4. The molecule has 9 rings (SSSR count). The molecule has 0 bridgehead atoms. The van der Waals surface area contributed by atoms with E-state index in [-0.39, 0.29) is 37.2 Å². The van der Waals surface area contributed by atoms with Gasteiger partial charge < -0.3 is 33.7 Å². The summed E-state index contributed by atoms with van der Waals surface area (Å²) in [6.07, 6.45) is -0.747. The van der Waals surface area contributed by atoms with E-state index in [4.69, 9.17) is 9.47 Å². The number of ether oxygens (including phenoxy) is 2. The van der Waals surface area contributed by atoms with E-state index < -0.39 is 0 Å². The molecule has 4 aromatic carbocycles. The van der Waals surface area contributed by atoms with E-state index in [0.717, 1.165) is 60.3 Å². The molecule has 47 heavy (non-hydrogen) atoms. The highest BCUT2D eigenvalue weighted by Gasteiger charge is 2.35. The predicted molar refractivity (Wildman–Crippen MR) is 178 cm³/mol. The molecule has 0 saturated carbocycles. The van der Waals surface area contributed by atoms with Crippen molar-refractivity contribution in [2.45, 2.75) is 26.2 Å². The molecule has 1 saturated heterocycles. The van der Waals surface area contributed by atoms with Crippen molar-refractivity contribution >= 4 is 61.7 Å². The van der Waals surface area contributed by atoms with Crippen molar-refractivity contribution in [3.63, 3.8) is 0 Å². The number of nitrogens with zero attached hydrogens (tertiary/aromatic N) is 4. The summed E-state index contributed by atoms with van der Waals surface area (Å²) in [6, 6.07) is 26.3. The molecule has 2 aromatic heterocycles. The van der Waals surface area contributed by atoms with Gasteiger partial charge in [0.25, 0.3) is 5.91 Å². The second-order valence-electron chi connectivity index (χ2n) is 12.7. The summed E-state index contributed by atoms with van der Waals surface area (Å²) >= 11 is 0. The molecule has 5 heterocycles. The second kappa shape index (κ2) is 10.8. The fraction of sp³-hybridized carbons (Fsp3) is 0.270. The van der Waals surface area contributed by atoms with E-state index in [9.17, 15) is 14.4 Å². The van der Waals surface area contributed by atoms with Crippen LogP contribution >= 0.6 is 0 Å².